The second kappa shape index (κ2) is 6.67. The van der Waals surface area contributed by atoms with Gasteiger partial charge in [0.15, 0.2) is 5.79 Å². The highest BCUT2D eigenvalue weighted by atomic mass is 16.7. The predicted molar refractivity (Wildman–Crippen MR) is 126 cm³/mol. The van der Waals surface area contributed by atoms with Gasteiger partial charge in [0, 0.05) is 55.1 Å². The number of fused-ring (bicyclic) bond motifs is 5. The molecule has 14 atom stereocenters. The third kappa shape index (κ3) is 2.27. The minimum atomic E-state index is -2.02. The number of nitrogens with zero attached hydrogens (tertiary/aromatic N) is 1. The molecule has 0 aromatic carbocycles. The molecule has 36 heavy (non-hydrogen) atoms. The summed E-state index contributed by atoms with van der Waals surface area (Å²) in [5.74, 6) is -3.30. The van der Waals surface area contributed by atoms with Crippen molar-refractivity contribution in [2.75, 3.05) is 13.1 Å². The van der Waals surface area contributed by atoms with E-state index in [9.17, 15) is 35.7 Å². The molecule has 3 aliphatic heterocycles. The quantitative estimate of drug-likeness (QED) is 0.228. The molecule has 4 saturated carbocycles. The highest BCUT2D eigenvalue weighted by Crippen LogP contribution is 2.78. The fourth-order valence-corrected chi connectivity index (χ4v) is 11.3. The van der Waals surface area contributed by atoms with Crippen molar-refractivity contribution in [3.8, 4) is 0 Å². The number of hydrogen-bond donors (Lipinski definition) is 7. The first-order chi connectivity index (χ1) is 16.6. The van der Waals surface area contributed by atoms with Crippen LogP contribution in [-0.4, -0.2) is 106 Å². The molecular formula is C27H43NO8. The van der Waals surface area contributed by atoms with E-state index in [1.54, 1.807) is 6.92 Å². The molecule has 7 N–H and O–H groups in total. The van der Waals surface area contributed by atoms with E-state index in [0.29, 0.717) is 44.6 Å². The van der Waals surface area contributed by atoms with Crippen molar-refractivity contribution in [2.24, 2.45) is 29.1 Å². The number of ether oxygens (including phenoxy) is 1. The van der Waals surface area contributed by atoms with E-state index in [-0.39, 0.29) is 31.3 Å². The summed E-state index contributed by atoms with van der Waals surface area (Å²) in [7, 11) is 0. The molecule has 9 nitrogen and oxygen atoms in total. The predicted octanol–water partition coefficient (Wildman–Crippen LogP) is -0.526. The Bertz CT molecular complexity index is 995. The zero-order chi connectivity index (χ0) is 25.9. The van der Waals surface area contributed by atoms with E-state index >= 15 is 0 Å². The lowest BCUT2D eigenvalue weighted by molar-refractivity contribution is -0.354. The van der Waals surface area contributed by atoms with Gasteiger partial charge in [-0.1, -0.05) is 13.8 Å². The van der Waals surface area contributed by atoms with Crippen molar-refractivity contribution in [1.29, 1.82) is 0 Å². The summed E-state index contributed by atoms with van der Waals surface area (Å²) in [6.07, 6.45) is 0.752. The van der Waals surface area contributed by atoms with Crippen LogP contribution in [0, 0.1) is 29.1 Å². The maximum Gasteiger partial charge on any atom is 0.196 e. The molecule has 7 fully saturated rings. The van der Waals surface area contributed by atoms with Crippen LogP contribution in [0.25, 0.3) is 0 Å². The summed E-state index contributed by atoms with van der Waals surface area (Å²) >= 11 is 0. The van der Waals surface area contributed by atoms with Crippen LogP contribution in [0.15, 0.2) is 0 Å². The molecule has 0 aromatic heterocycles. The van der Waals surface area contributed by atoms with Gasteiger partial charge >= 0.3 is 0 Å². The van der Waals surface area contributed by atoms with Crippen LogP contribution >= 0.6 is 0 Å². The van der Waals surface area contributed by atoms with Crippen molar-refractivity contribution < 1.29 is 40.5 Å². The third-order valence-corrected chi connectivity index (χ3v) is 13.1. The molecular weight excluding hydrogens is 466 g/mol. The van der Waals surface area contributed by atoms with Crippen molar-refractivity contribution >= 4 is 0 Å². The van der Waals surface area contributed by atoms with E-state index in [1.165, 1.54) is 0 Å². The molecule has 1 unspecified atom stereocenters. The Hall–Kier alpha value is -0.360. The van der Waals surface area contributed by atoms with Gasteiger partial charge < -0.3 is 40.5 Å². The summed E-state index contributed by atoms with van der Waals surface area (Å²) in [4.78, 5) is 2.12. The second-order valence-corrected chi connectivity index (χ2v) is 14.3. The monoisotopic (exact) mass is 509 g/mol. The lowest BCUT2D eigenvalue weighted by Crippen LogP contribution is -2.85. The molecule has 4 bridgehead atoms. The minimum absolute atomic E-state index is 0.0208. The van der Waals surface area contributed by atoms with Crippen molar-refractivity contribution in [3.63, 3.8) is 0 Å². The first kappa shape index (κ1) is 24.7. The summed E-state index contributed by atoms with van der Waals surface area (Å²) in [6, 6.07) is -0.360. The third-order valence-electron chi connectivity index (χ3n) is 13.1. The van der Waals surface area contributed by atoms with E-state index in [2.05, 4.69) is 11.8 Å². The fourth-order valence-electron chi connectivity index (χ4n) is 11.3. The largest absolute Gasteiger partial charge is 0.390 e. The number of aliphatic hydroxyl groups excluding tert-OH is 2. The highest BCUT2D eigenvalue weighted by Gasteiger charge is 2.88. The van der Waals surface area contributed by atoms with Gasteiger partial charge in [-0.05, 0) is 51.4 Å². The van der Waals surface area contributed by atoms with Gasteiger partial charge in [0.25, 0.3) is 0 Å². The lowest BCUT2D eigenvalue weighted by Gasteiger charge is -2.68. The zero-order valence-corrected chi connectivity index (χ0v) is 21.6. The van der Waals surface area contributed by atoms with Crippen molar-refractivity contribution in [1.82, 2.24) is 4.90 Å². The Morgan fingerprint density at radius 2 is 1.47 bits per heavy atom. The van der Waals surface area contributed by atoms with Crippen LogP contribution < -0.4 is 0 Å². The zero-order valence-electron chi connectivity index (χ0n) is 21.6. The van der Waals surface area contributed by atoms with E-state index < -0.39 is 63.3 Å². The molecule has 1 spiro atoms. The van der Waals surface area contributed by atoms with Gasteiger partial charge in [-0.2, -0.15) is 0 Å². The second-order valence-electron chi connectivity index (χ2n) is 14.3. The summed E-state index contributed by atoms with van der Waals surface area (Å²) in [6.45, 7) is 6.70. The topological polar surface area (TPSA) is 154 Å². The Labute approximate surface area is 212 Å². The Kier molecular flexibility index (Phi) is 4.57. The summed E-state index contributed by atoms with van der Waals surface area (Å²) in [5.41, 5.74) is -9.07. The Morgan fingerprint density at radius 3 is 2.19 bits per heavy atom. The Balaban J connectivity index is 1.39. The van der Waals surface area contributed by atoms with E-state index in [1.807, 2.05) is 6.92 Å². The van der Waals surface area contributed by atoms with Crippen LogP contribution in [0.4, 0.5) is 0 Å². The molecule has 7 aliphatic rings. The smallest absolute Gasteiger partial charge is 0.196 e. The Morgan fingerprint density at radius 1 is 0.778 bits per heavy atom. The number of piperidine rings is 2. The summed E-state index contributed by atoms with van der Waals surface area (Å²) < 4.78 is 6.52. The standard InChI is InChI=1S/C27H43NO8/c1-14-4-7-18-22(3,31)26(34)17(12-28(18)11-14)24(33)13-25-16(23(24,32)10-20(26)30)6-5-15-21(25,2)9-8-19(29)27(15,35)36-25/h14-20,29-35H,4-13H2,1-3H3/t14-,15-,16-,17-,18-,19+,20-,21-,22+,23+,24+,25?,26-,27-/m0/s1. The van der Waals surface area contributed by atoms with Gasteiger partial charge in [0.1, 0.15) is 28.5 Å². The molecule has 9 heteroatoms. The van der Waals surface area contributed by atoms with Crippen molar-refractivity contribution in [3.05, 3.63) is 0 Å². The maximum atomic E-state index is 12.7. The number of rotatable bonds is 0. The molecule has 0 radical (unpaired) electrons. The molecule has 3 heterocycles. The van der Waals surface area contributed by atoms with Gasteiger partial charge in [0.2, 0.25) is 0 Å². The lowest BCUT2D eigenvalue weighted by atomic mass is 9.49. The average molecular weight is 510 g/mol. The summed E-state index contributed by atoms with van der Waals surface area (Å²) in [5, 5.41) is 83.2. The van der Waals surface area contributed by atoms with Gasteiger partial charge in [0.05, 0.1) is 11.7 Å². The molecule has 0 amide bonds. The van der Waals surface area contributed by atoms with Crippen LogP contribution in [0.2, 0.25) is 0 Å². The SMILES string of the molecule is C[C@H]1CC[C@@H]2N(C1)C[C@@H]1[C@](O)([C@@H](O)C[C@@]3(O)[C@@H]4CC[C@@H]5[C@]6(O)OC4(C[C@@]13O)[C@@]5(C)CC[C@H]6O)[C@]2(C)O. The average Bonchev–Trinajstić information content (AvgIpc) is 2.97. The van der Waals surface area contributed by atoms with Gasteiger partial charge in [-0.3, -0.25) is 4.90 Å². The maximum absolute atomic E-state index is 12.7. The van der Waals surface area contributed by atoms with E-state index in [0.717, 1.165) is 6.42 Å². The number of hydrogen-bond acceptors (Lipinski definition) is 9. The normalized spacial score (nSPS) is 68.0. The first-order valence-corrected chi connectivity index (χ1v) is 14.0. The highest BCUT2D eigenvalue weighted by molar-refractivity contribution is 5.37. The molecule has 3 saturated heterocycles. The van der Waals surface area contributed by atoms with Gasteiger partial charge in [-0.25, -0.2) is 0 Å². The van der Waals surface area contributed by atoms with E-state index in [4.69, 9.17) is 4.74 Å². The van der Waals surface area contributed by atoms with Crippen LogP contribution in [0.5, 0.6) is 0 Å². The molecule has 204 valence electrons. The first-order valence-electron chi connectivity index (χ1n) is 14.0. The van der Waals surface area contributed by atoms with Crippen molar-refractivity contribution in [2.45, 2.75) is 124 Å². The van der Waals surface area contributed by atoms with Crippen LogP contribution in [-0.2, 0) is 4.74 Å². The van der Waals surface area contributed by atoms with Crippen LogP contribution in [0.1, 0.15) is 72.1 Å². The minimum Gasteiger partial charge on any atom is -0.390 e. The van der Waals surface area contributed by atoms with Gasteiger partial charge in [-0.15, -0.1) is 0 Å². The number of aliphatic hydroxyl groups is 7. The molecule has 7 rings (SSSR count). The van der Waals surface area contributed by atoms with Crippen LogP contribution in [0.3, 0.4) is 0 Å². The molecule has 4 aliphatic carbocycles. The fraction of sp³-hybridized carbons (Fsp3) is 1.00. The molecule has 0 aromatic rings.